The van der Waals surface area contributed by atoms with E-state index in [2.05, 4.69) is 29.7 Å². The Morgan fingerprint density at radius 2 is 1.95 bits per heavy atom. The number of unbranched alkanes of at least 4 members (excludes halogenated alkanes) is 1. The minimum absolute atomic E-state index is 0.862. The first kappa shape index (κ1) is 18.4. The van der Waals surface area contributed by atoms with E-state index in [9.17, 15) is 13.2 Å². The second-order valence-electron chi connectivity index (χ2n) is 3.74. The van der Waals surface area contributed by atoms with E-state index in [0.29, 0.717) is 0 Å². The molecule has 0 spiro atoms. The lowest BCUT2D eigenvalue weighted by molar-refractivity contribution is -0.703. The fourth-order valence-electron chi connectivity index (χ4n) is 1.16. The molecule has 0 saturated heterocycles. The van der Waals surface area contributed by atoms with Gasteiger partial charge in [0, 0.05) is 31.9 Å². The van der Waals surface area contributed by atoms with Crippen LogP contribution >= 0.6 is 0 Å². The molecule has 1 heterocycles. The van der Waals surface area contributed by atoms with Gasteiger partial charge >= 0.3 is 5.51 Å². The van der Waals surface area contributed by atoms with Crippen molar-refractivity contribution < 1.29 is 30.7 Å². The first-order valence-electron chi connectivity index (χ1n) is 5.50. The summed E-state index contributed by atoms with van der Waals surface area (Å²) in [7, 11) is -6.09. The predicted octanol–water partition coefficient (Wildman–Crippen LogP) is 1.75. The summed E-state index contributed by atoms with van der Waals surface area (Å²) >= 11 is 0. The number of hydrogen-bond donors (Lipinski definition) is 0. The fourth-order valence-corrected chi connectivity index (χ4v) is 1.16. The number of rotatable bonds is 3. The van der Waals surface area contributed by atoms with E-state index >= 15 is 0 Å². The van der Waals surface area contributed by atoms with Crippen LogP contribution in [0.1, 0.15) is 18.5 Å². The normalized spacial score (nSPS) is 11.2. The van der Waals surface area contributed by atoms with Crippen LogP contribution in [0.2, 0.25) is 0 Å². The van der Waals surface area contributed by atoms with Crippen molar-refractivity contribution in [3.63, 3.8) is 0 Å². The van der Waals surface area contributed by atoms with Crippen LogP contribution in [0, 0.1) is 19.3 Å². The van der Waals surface area contributed by atoms with Gasteiger partial charge in [0.25, 0.3) is 0 Å². The molecule has 0 aliphatic carbocycles. The lowest BCUT2D eigenvalue weighted by Gasteiger charge is -2.08. The summed E-state index contributed by atoms with van der Waals surface area (Å²) in [6.45, 7) is 3.13. The zero-order chi connectivity index (χ0) is 15.8. The fraction of sp³-hybridized carbons (Fsp3) is 0.417. The summed E-state index contributed by atoms with van der Waals surface area (Å²) in [4.78, 5) is 0. The molecule has 0 aromatic carbocycles. The summed E-state index contributed by atoms with van der Waals surface area (Å²) in [5, 5.41) is 0. The zero-order valence-electron chi connectivity index (χ0n) is 10.7. The molecule has 112 valence electrons. The minimum Gasteiger partial charge on any atom is -0.741 e. The second-order valence-corrected chi connectivity index (χ2v) is 5.11. The molecule has 1 aromatic heterocycles. The third-order valence-corrected chi connectivity index (χ3v) is 2.74. The van der Waals surface area contributed by atoms with Gasteiger partial charge in [0.2, 0.25) is 0 Å². The van der Waals surface area contributed by atoms with Gasteiger partial charge in [0.15, 0.2) is 22.0 Å². The molecule has 4 nitrogen and oxygen atoms in total. The van der Waals surface area contributed by atoms with E-state index in [1.165, 1.54) is 5.69 Å². The van der Waals surface area contributed by atoms with Crippen molar-refractivity contribution in [3.05, 3.63) is 30.1 Å². The Bertz CT molecular complexity index is 562. The molecular weight excluding hydrogens is 295 g/mol. The van der Waals surface area contributed by atoms with Gasteiger partial charge < -0.3 is 4.55 Å². The largest absolute Gasteiger partial charge is 0.741 e. The molecule has 1 aromatic rings. The van der Waals surface area contributed by atoms with Gasteiger partial charge in [-0.3, -0.25) is 0 Å². The SMILES string of the molecule is C#CCCC[n+]1ccccc1C.O=S(=O)([O-])C(F)(F)F. The first-order valence-corrected chi connectivity index (χ1v) is 6.91. The molecule has 1 rings (SSSR count). The molecule has 20 heavy (non-hydrogen) atoms. The van der Waals surface area contributed by atoms with E-state index in [4.69, 9.17) is 19.4 Å². The lowest BCUT2D eigenvalue weighted by Crippen LogP contribution is -2.36. The van der Waals surface area contributed by atoms with Crippen LogP contribution in [0.3, 0.4) is 0 Å². The van der Waals surface area contributed by atoms with E-state index in [-0.39, 0.29) is 0 Å². The van der Waals surface area contributed by atoms with Crippen molar-refractivity contribution >= 4 is 10.1 Å². The average molecular weight is 309 g/mol. The van der Waals surface area contributed by atoms with Crippen molar-refractivity contribution in [2.45, 2.75) is 31.8 Å². The Morgan fingerprint density at radius 3 is 2.35 bits per heavy atom. The van der Waals surface area contributed by atoms with E-state index in [0.717, 1.165) is 19.4 Å². The summed E-state index contributed by atoms with van der Waals surface area (Å²) < 4.78 is 61.1. The summed E-state index contributed by atoms with van der Waals surface area (Å²) in [5.41, 5.74) is -4.36. The lowest BCUT2D eigenvalue weighted by atomic mass is 10.3. The number of aryl methyl sites for hydroxylation is 2. The Hall–Kier alpha value is -1.59. The summed E-state index contributed by atoms with van der Waals surface area (Å²) in [6.07, 6.45) is 9.18. The van der Waals surface area contributed by atoms with Gasteiger partial charge in [-0.25, -0.2) is 13.0 Å². The van der Waals surface area contributed by atoms with Crippen molar-refractivity contribution in [2.75, 3.05) is 0 Å². The number of nitrogens with zero attached hydrogens (tertiary/aromatic N) is 1. The molecule has 0 radical (unpaired) electrons. The highest BCUT2D eigenvalue weighted by Gasteiger charge is 2.36. The Balaban J connectivity index is 0.000000396. The van der Waals surface area contributed by atoms with Gasteiger partial charge in [-0.05, 0) is 0 Å². The molecule has 0 amide bonds. The van der Waals surface area contributed by atoms with Gasteiger partial charge in [-0.15, -0.1) is 12.3 Å². The number of pyridine rings is 1. The molecule has 0 saturated carbocycles. The van der Waals surface area contributed by atoms with E-state index in [1.54, 1.807) is 0 Å². The van der Waals surface area contributed by atoms with Gasteiger partial charge in [-0.1, -0.05) is 6.07 Å². The summed E-state index contributed by atoms with van der Waals surface area (Å²) in [6, 6.07) is 6.20. The number of hydrogen-bond acceptors (Lipinski definition) is 3. The van der Waals surface area contributed by atoms with Crippen LogP contribution in [-0.2, 0) is 16.7 Å². The third kappa shape index (κ3) is 7.11. The van der Waals surface area contributed by atoms with Crippen LogP contribution in [-0.4, -0.2) is 18.5 Å². The second kappa shape index (κ2) is 7.87. The molecule has 8 heteroatoms. The Labute approximate surface area is 116 Å². The maximum atomic E-state index is 10.7. The number of halogens is 3. The van der Waals surface area contributed by atoms with Gasteiger partial charge in [-0.2, -0.15) is 13.2 Å². The highest BCUT2D eigenvalue weighted by atomic mass is 32.2. The smallest absolute Gasteiger partial charge is 0.485 e. The molecule has 0 unspecified atom stereocenters. The van der Waals surface area contributed by atoms with E-state index < -0.39 is 15.6 Å². The molecule has 0 bridgehead atoms. The van der Waals surface area contributed by atoms with Crippen molar-refractivity contribution in [1.29, 1.82) is 0 Å². The molecule has 0 aliphatic rings. The van der Waals surface area contributed by atoms with Crippen molar-refractivity contribution in [2.24, 2.45) is 0 Å². The molecular formula is C12H14F3NO3S. The van der Waals surface area contributed by atoms with Crippen LogP contribution in [0.5, 0.6) is 0 Å². The molecule has 0 N–H and O–H groups in total. The number of aromatic nitrogens is 1. The van der Waals surface area contributed by atoms with Crippen LogP contribution in [0.4, 0.5) is 13.2 Å². The molecule has 0 aliphatic heterocycles. The maximum absolute atomic E-state index is 10.7. The third-order valence-electron chi connectivity index (χ3n) is 2.17. The first-order chi connectivity index (χ1) is 9.09. The van der Waals surface area contributed by atoms with Crippen LogP contribution in [0.15, 0.2) is 24.4 Å². The molecule has 0 fully saturated rings. The highest BCUT2D eigenvalue weighted by molar-refractivity contribution is 7.86. The quantitative estimate of drug-likeness (QED) is 0.281. The average Bonchev–Trinajstić information content (AvgIpc) is 2.30. The Morgan fingerprint density at radius 1 is 1.40 bits per heavy atom. The zero-order valence-corrected chi connectivity index (χ0v) is 11.5. The van der Waals surface area contributed by atoms with Gasteiger partial charge in [0.1, 0.15) is 6.54 Å². The topological polar surface area (TPSA) is 61.1 Å². The van der Waals surface area contributed by atoms with Crippen LogP contribution < -0.4 is 4.57 Å². The summed E-state index contributed by atoms with van der Waals surface area (Å²) in [5.74, 6) is 2.64. The van der Waals surface area contributed by atoms with E-state index in [1.807, 2.05) is 12.1 Å². The maximum Gasteiger partial charge on any atom is 0.485 e. The minimum atomic E-state index is -6.09. The predicted molar refractivity (Wildman–Crippen MR) is 65.2 cm³/mol. The molecule has 0 atom stereocenters. The monoisotopic (exact) mass is 309 g/mol. The number of alkyl halides is 3. The number of terminal acetylenes is 1. The van der Waals surface area contributed by atoms with Crippen LogP contribution in [0.25, 0.3) is 0 Å². The van der Waals surface area contributed by atoms with Gasteiger partial charge in [0.05, 0.1) is 0 Å². The standard InChI is InChI=1S/C11H14N.CHF3O3S/c1-3-4-6-9-12-10-7-5-8-11(12)2;2-1(3,4)8(5,6)7/h1,5,7-8,10H,4,6,9H2,2H3;(H,5,6,7)/q+1;/p-1. The van der Waals surface area contributed by atoms with Crippen molar-refractivity contribution in [3.8, 4) is 12.3 Å². The Kier molecular flexibility index (Phi) is 7.24. The highest BCUT2D eigenvalue weighted by Crippen LogP contribution is 2.20. The van der Waals surface area contributed by atoms with Crippen molar-refractivity contribution in [1.82, 2.24) is 0 Å².